The van der Waals surface area contributed by atoms with Crippen molar-refractivity contribution in [2.45, 2.75) is 6.92 Å². The zero-order valence-electron chi connectivity index (χ0n) is 12.7. The van der Waals surface area contributed by atoms with Gasteiger partial charge in [-0.25, -0.2) is 23.5 Å². The second-order valence-electron chi connectivity index (χ2n) is 5.28. The van der Waals surface area contributed by atoms with Gasteiger partial charge < -0.3 is 0 Å². The minimum Gasteiger partial charge on any atom is -0.258 e. The fourth-order valence-corrected chi connectivity index (χ4v) is 2.51. The van der Waals surface area contributed by atoms with Gasteiger partial charge >= 0.3 is 17.1 Å². The van der Waals surface area contributed by atoms with Crippen LogP contribution in [0.2, 0.25) is 0 Å². The molecule has 1 heterocycles. The highest BCUT2D eigenvalue weighted by Crippen LogP contribution is 2.24. The normalized spacial score (nSPS) is 10.7. The summed E-state index contributed by atoms with van der Waals surface area (Å²) >= 11 is 0. The summed E-state index contributed by atoms with van der Waals surface area (Å²) < 4.78 is 1.81. The van der Waals surface area contributed by atoms with Crippen LogP contribution in [0, 0.1) is 6.92 Å². The van der Waals surface area contributed by atoms with E-state index < -0.39 is 17.1 Å². The lowest BCUT2D eigenvalue weighted by Gasteiger charge is -2.10. The average Bonchev–Trinajstić information content (AvgIpc) is 2.54. The molecular formula is C17H15N3O3. The zero-order valence-corrected chi connectivity index (χ0v) is 12.7. The Bertz CT molecular complexity index is 1040. The van der Waals surface area contributed by atoms with E-state index in [9.17, 15) is 14.4 Å². The molecule has 116 valence electrons. The van der Waals surface area contributed by atoms with E-state index in [0.717, 1.165) is 25.8 Å². The predicted molar refractivity (Wildman–Crippen MR) is 88.1 cm³/mol. The molecule has 6 nitrogen and oxygen atoms in total. The predicted octanol–water partition coefficient (Wildman–Crippen LogP) is 1.20. The summed E-state index contributed by atoms with van der Waals surface area (Å²) in [5.74, 6) is 0. The first kappa shape index (κ1) is 14.8. The third-order valence-electron chi connectivity index (χ3n) is 3.75. The van der Waals surface area contributed by atoms with E-state index in [-0.39, 0.29) is 0 Å². The molecule has 1 aromatic heterocycles. The molecule has 0 unspecified atom stereocenters. The molecule has 0 aliphatic heterocycles. The molecule has 6 heteroatoms. The van der Waals surface area contributed by atoms with Gasteiger partial charge in [-0.3, -0.25) is 4.98 Å². The highest BCUT2D eigenvalue weighted by atomic mass is 16.2. The van der Waals surface area contributed by atoms with Gasteiger partial charge in [0, 0.05) is 7.05 Å². The second kappa shape index (κ2) is 5.57. The van der Waals surface area contributed by atoms with Gasteiger partial charge in [-0.05, 0) is 35.7 Å². The minimum absolute atomic E-state index is 0.420. The van der Waals surface area contributed by atoms with Gasteiger partial charge in [0.05, 0.1) is 5.69 Å². The van der Waals surface area contributed by atoms with Crippen molar-refractivity contribution in [2.24, 2.45) is 7.05 Å². The van der Waals surface area contributed by atoms with E-state index in [1.54, 1.807) is 12.1 Å². The molecular weight excluding hydrogens is 294 g/mol. The van der Waals surface area contributed by atoms with Gasteiger partial charge in [-0.1, -0.05) is 36.4 Å². The quantitative estimate of drug-likeness (QED) is 0.773. The zero-order chi connectivity index (χ0) is 16.6. The van der Waals surface area contributed by atoms with Crippen LogP contribution in [-0.4, -0.2) is 14.1 Å². The summed E-state index contributed by atoms with van der Waals surface area (Å²) in [7, 11) is 1.32. The first-order valence-corrected chi connectivity index (χ1v) is 7.08. The molecule has 0 bridgehead atoms. The lowest BCUT2D eigenvalue weighted by Crippen LogP contribution is -2.47. The number of rotatable bonds is 2. The van der Waals surface area contributed by atoms with Crippen LogP contribution in [0.1, 0.15) is 5.56 Å². The molecule has 0 radical (unpaired) electrons. The Morgan fingerprint density at radius 2 is 1.61 bits per heavy atom. The molecule has 0 spiro atoms. The number of aryl methyl sites for hydroxylation is 1. The number of nitrogens with one attached hydrogen (secondary N) is 1. The topological polar surface area (TPSA) is 76.9 Å². The number of hydrogen-bond donors (Lipinski definition) is 1. The first-order chi connectivity index (χ1) is 11.0. The monoisotopic (exact) mass is 309 g/mol. The molecule has 3 rings (SSSR count). The van der Waals surface area contributed by atoms with Crippen LogP contribution in [0.25, 0.3) is 16.8 Å². The van der Waals surface area contributed by atoms with Crippen LogP contribution in [0.15, 0.2) is 62.9 Å². The Morgan fingerprint density at radius 1 is 0.913 bits per heavy atom. The summed E-state index contributed by atoms with van der Waals surface area (Å²) in [6, 6.07) is 15.1. The number of aromatic amines is 1. The van der Waals surface area contributed by atoms with Crippen molar-refractivity contribution in [1.82, 2.24) is 14.1 Å². The van der Waals surface area contributed by atoms with Crippen LogP contribution < -0.4 is 17.1 Å². The number of aromatic nitrogens is 3. The van der Waals surface area contributed by atoms with Gasteiger partial charge in [0.15, 0.2) is 0 Å². The largest absolute Gasteiger partial charge is 0.340 e. The van der Waals surface area contributed by atoms with Crippen molar-refractivity contribution < 1.29 is 0 Å². The molecule has 23 heavy (non-hydrogen) atoms. The van der Waals surface area contributed by atoms with Gasteiger partial charge in [0.2, 0.25) is 0 Å². The van der Waals surface area contributed by atoms with Crippen molar-refractivity contribution in [1.29, 1.82) is 0 Å². The van der Waals surface area contributed by atoms with E-state index in [1.165, 1.54) is 7.05 Å². The minimum atomic E-state index is -0.745. The van der Waals surface area contributed by atoms with Crippen molar-refractivity contribution >= 4 is 0 Å². The molecule has 2 aromatic carbocycles. The third kappa shape index (κ3) is 2.55. The highest BCUT2D eigenvalue weighted by molar-refractivity contribution is 5.68. The lowest BCUT2D eigenvalue weighted by molar-refractivity contribution is 0.660. The van der Waals surface area contributed by atoms with E-state index in [0.29, 0.717) is 5.69 Å². The summed E-state index contributed by atoms with van der Waals surface area (Å²) in [6.45, 7) is 1.91. The average molecular weight is 309 g/mol. The SMILES string of the molecule is Cc1cc(-n2c(=O)[nH]c(=O)n(C)c2=O)ccc1-c1ccccc1. The van der Waals surface area contributed by atoms with Crippen molar-refractivity contribution in [2.75, 3.05) is 0 Å². The van der Waals surface area contributed by atoms with Crippen molar-refractivity contribution in [3.8, 4) is 16.8 Å². The summed E-state index contributed by atoms with van der Waals surface area (Å²) in [6.07, 6.45) is 0. The maximum Gasteiger partial charge on any atom is 0.340 e. The van der Waals surface area contributed by atoms with Gasteiger partial charge in [0.1, 0.15) is 0 Å². The van der Waals surface area contributed by atoms with E-state index >= 15 is 0 Å². The molecule has 0 atom stereocenters. The van der Waals surface area contributed by atoms with E-state index in [4.69, 9.17) is 0 Å². The molecule has 0 aliphatic rings. The van der Waals surface area contributed by atoms with Crippen molar-refractivity contribution in [3.05, 3.63) is 85.5 Å². The summed E-state index contributed by atoms with van der Waals surface area (Å²) in [4.78, 5) is 37.7. The molecule has 0 saturated carbocycles. The van der Waals surface area contributed by atoms with Crippen LogP contribution >= 0.6 is 0 Å². The van der Waals surface area contributed by atoms with Crippen LogP contribution in [0.5, 0.6) is 0 Å². The Kier molecular flexibility index (Phi) is 3.57. The number of benzene rings is 2. The van der Waals surface area contributed by atoms with Crippen molar-refractivity contribution in [3.63, 3.8) is 0 Å². The van der Waals surface area contributed by atoms with E-state index in [1.807, 2.05) is 43.3 Å². The lowest BCUT2D eigenvalue weighted by atomic mass is 10.00. The first-order valence-electron chi connectivity index (χ1n) is 7.08. The molecule has 3 aromatic rings. The number of hydrogen-bond acceptors (Lipinski definition) is 3. The Balaban J connectivity index is 2.20. The maximum absolute atomic E-state index is 12.2. The van der Waals surface area contributed by atoms with E-state index in [2.05, 4.69) is 4.98 Å². The van der Waals surface area contributed by atoms with Gasteiger partial charge in [-0.15, -0.1) is 0 Å². The highest BCUT2D eigenvalue weighted by Gasteiger charge is 2.10. The van der Waals surface area contributed by atoms with Gasteiger partial charge in [-0.2, -0.15) is 0 Å². The molecule has 0 saturated heterocycles. The summed E-state index contributed by atoms with van der Waals surface area (Å²) in [5, 5.41) is 0. The molecule has 0 fully saturated rings. The Labute approximate surface area is 131 Å². The standard InChI is InChI=1S/C17H15N3O3/c1-11-10-13(8-9-14(11)12-6-4-3-5-7-12)20-16(22)18-15(21)19(2)17(20)23/h3-10H,1-2H3,(H,18,21,22). The molecule has 1 N–H and O–H groups in total. The Morgan fingerprint density at radius 3 is 2.26 bits per heavy atom. The van der Waals surface area contributed by atoms with Crippen LogP contribution in [-0.2, 0) is 7.05 Å². The van der Waals surface area contributed by atoms with Crippen LogP contribution in [0.3, 0.4) is 0 Å². The maximum atomic E-state index is 12.2. The summed E-state index contributed by atoms with van der Waals surface area (Å²) in [5.41, 5.74) is 1.27. The van der Waals surface area contributed by atoms with Crippen LogP contribution in [0.4, 0.5) is 0 Å². The Hall–Kier alpha value is -3.15. The second-order valence-corrected chi connectivity index (χ2v) is 5.28. The molecule has 0 aliphatic carbocycles. The smallest absolute Gasteiger partial charge is 0.258 e. The third-order valence-corrected chi connectivity index (χ3v) is 3.75. The number of H-pyrrole nitrogens is 1. The fourth-order valence-electron chi connectivity index (χ4n) is 2.51. The fraction of sp³-hybridized carbons (Fsp3) is 0.118. The molecule has 0 amide bonds. The van der Waals surface area contributed by atoms with Gasteiger partial charge in [0.25, 0.3) is 0 Å². The number of nitrogens with zero attached hydrogens (tertiary/aromatic N) is 2.